The zero-order valence-corrected chi connectivity index (χ0v) is 13.8. The van der Waals surface area contributed by atoms with Crippen LogP contribution in [0.2, 0.25) is 0 Å². The van der Waals surface area contributed by atoms with Gasteiger partial charge in [0.15, 0.2) is 0 Å². The molecule has 0 aliphatic heterocycles. The van der Waals surface area contributed by atoms with E-state index in [2.05, 4.69) is 48.2 Å². The third-order valence-electron chi connectivity index (χ3n) is 2.17. The van der Waals surface area contributed by atoms with Crippen LogP contribution in [0.5, 0.6) is 0 Å². The summed E-state index contributed by atoms with van der Waals surface area (Å²) in [6.07, 6.45) is 2.03. The summed E-state index contributed by atoms with van der Waals surface area (Å²) in [4.78, 5) is 3.30. The van der Waals surface area contributed by atoms with E-state index in [1.54, 1.807) is 18.2 Å². The van der Waals surface area contributed by atoms with E-state index in [4.69, 9.17) is 0 Å². The molecule has 1 aromatic heterocycles. The van der Waals surface area contributed by atoms with Gasteiger partial charge in [-0.1, -0.05) is 0 Å². The molecule has 1 N–H and O–H groups in total. The number of hydrogen-bond acceptors (Lipinski definition) is 3. The molecule has 0 saturated carbocycles. The fourth-order valence-electron chi connectivity index (χ4n) is 1.32. The highest BCUT2D eigenvalue weighted by molar-refractivity contribution is 14.1. The van der Waals surface area contributed by atoms with Gasteiger partial charge in [0.2, 0.25) is 0 Å². The Morgan fingerprint density at radius 1 is 1.26 bits per heavy atom. The predicted octanol–water partition coefficient (Wildman–Crippen LogP) is 3.39. The van der Waals surface area contributed by atoms with Gasteiger partial charge in [-0.15, -0.1) is 0 Å². The highest BCUT2D eigenvalue weighted by atomic mass is 127. The lowest BCUT2D eigenvalue weighted by atomic mass is 10.3. The minimum atomic E-state index is -3.86. The third-order valence-corrected chi connectivity index (χ3v) is 4.83. The molecule has 1 aromatic carbocycles. The number of aromatic nitrogens is 1. The van der Waals surface area contributed by atoms with Gasteiger partial charge in [-0.3, -0.25) is 9.71 Å². The number of pyridine rings is 1. The van der Waals surface area contributed by atoms with Crippen LogP contribution in [0.3, 0.4) is 0 Å². The molecule has 8 heteroatoms. The minimum absolute atomic E-state index is 0.224. The number of anilines is 1. The van der Waals surface area contributed by atoms with E-state index in [0.29, 0.717) is 10.2 Å². The van der Waals surface area contributed by atoms with Crippen LogP contribution < -0.4 is 4.72 Å². The fraction of sp³-hybridized carbons (Fsp3) is 0. The van der Waals surface area contributed by atoms with Gasteiger partial charge in [0.25, 0.3) is 10.0 Å². The Balaban J connectivity index is 2.36. The highest BCUT2D eigenvalue weighted by Gasteiger charge is 2.16. The van der Waals surface area contributed by atoms with E-state index in [0.717, 1.165) is 22.0 Å². The summed E-state index contributed by atoms with van der Waals surface area (Å²) in [5.41, 5.74) is 0.379. The van der Waals surface area contributed by atoms with Crippen molar-refractivity contribution < 1.29 is 12.8 Å². The molecule has 0 saturated heterocycles. The molecule has 0 aliphatic rings. The molecule has 0 bridgehead atoms. The Morgan fingerprint density at radius 2 is 2.00 bits per heavy atom. The Kier molecular flexibility index (Phi) is 4.41. The highest BCUT2D eigenvalue weighted by Crippen LogP contribution is 2.26. The molecule has 2 rings (SSSR count). The van der Waals surface area contributed by atoms with Crippen molar-refractivity contribution in [2.24, 2.45) is 0 Å². The number of nitrogens with zero attached hydrogens (tertiary/aromatic N) is 1. The SMILES string of the molecule is O=S(=O)(Nc1ccc(I)cc1Br)c1cncc(F)c1. The maximum atomic E-state index is 13.0. The van der Waals surface area contributed by atoms with E-state index in [9.17, 15) is 12.8 Å². The number of benzene rings is 1. The van der Waals surface area contributed by atoms with Crippen LogP contribution in [-0.4, -0.2) is 13.4 Å². The molecule has 1 heterocycles. The molecule has 0 amide bonds. The number of rotatable bonds is 3. The summed E-state index contributed by atoms with van der Waals surface area (Å²) in [5, 5.41) is 0. The lowest BCUT2D eigenvalue weighted by molar-refractivity contribution is 0.592. The summed E-state index contributed by atoms with van der Waals surface area (Å²) >= 11 is 5.37. The second-order valence-corrected chi connectivity index (χ2v) is 7.35. The maximum Gasteiger partial charge on any atom is 0.263 e. The molecule has 4 nitrogen and oxygen atoms in total. The smallest absolute Gasteiger partial charge is 0.263 e. The van der Waals surface area contributed by atoms with Gasteiger partial charge in [0, 0.05) is 14.2 Å². The molecule has 0 unspecified atom stereocenters. The summed E-state index contributed by atoms with van der Waals surface area (Å²) < 4.78 is 41.0. The van der Waals surface area contributed by atoms with Crippen LogP contribution in [0.25, 0.3) is 0 Å². The molecule has 0 radical (unpaired) electrons. The molecular formula is C11H7BrFIN2O2S. The lowest BCUT2D eigenvalue weighted by Gasteiger charge is -2.09. The topological polar surface area (TPSA) is 59.1 Å². The molecular weight excluding hydrogens is 450 g/mol. The Labute approximate surface area is 131 Å². The zero-order valence-electron chi connectivity index (χ0n) is 9.27. The third kappa shape index (κ3) is 3.63. The van der Waals surface area contributed by atoms with Gasteiger partial charge in [-0.2, -0.15) is 0 Å². The van der Waals surface area contributed by atoms with Crippen LogP contribution in [0.1, 0.15) is 0 Å². The average molecular weight is 457 g/mol. The molecule has 100 valence electrons. The first kappa shape index (κ1) is 14.7. The van der Waals surface area contributed by atoms with Crippen molar-refractivity contribution in [2.45, 2.75) is 4.90 Å². The molecule has 19 heavy (non-hydrogen) atoms. The second kappa shape index (κ2) is 5.71. The van der Waals surface area contributed by atoms with Crippen LogP contribution in [0, 0.1) is 9.39 Å². The quantitative estimate of drug-likeness (QED) is 0.720. The van der Waals surface area contributed by atoms with Crippen molar-refractivity contribution in [3.8, 4) is 0 Å². The van der Waals surface area contributed by atoms with Crippen LogP contribution >= 0.6 is 38.5 Å². The van der Waals surface area contributed by atoms with E-state index in [1.807, 2.05) is 0 Å². The first-order valence-corrected chi connectivity index (χ1v) is 8.32. The van der Waals surface area contributed by atoms with Gasteiger partial charge in [0.1, 0.15) is 10.7 Å². The number of nitrogens with one attached hydrogen (secondary N) is 1. The van der Waals surface area contributed by atoms with Crippen LogP contribution in [-0.2, 0) is 10.0 Å². The normalized spacial score (nSPS) is 11.3. The summed E-state index contributed by atoms with van der Waals surface area (Å²) in [5.74, 6) is -0.704. The van der Waals surface area contributed by atoms with E-state index < -0.39 is 15.8 Å². The Hall–Kier alpha value is -0.740. The molecule has 0 spiro atoms. The van der Waals surface area contributed by atoms with Gasteiger partial charge in [-0.05, 0) is 62.8 Å². The second-order valence-electron chi connectivity index (χ2n) is 3.57. The van der Waals surface area contributed by atoms with Crippen molar-refractivity contribution >= 4 is 54.2 Å². The predicted molar refractivity (Wildman–Crippen MR) is 81.9 cm³/mol. The lowest BCUT2D eigenvalue weighted by Crippen LogP contribution is -2.13. The van der Waals surface area contributed by atoms with Crippen molar-refractivity contribution in [3.63, 3.8) is 0 Å². The van der Waals surface area contributed by atoms with Crippen molar-refractivity contribution in [1.29, 1.82) is 0 Å². The van der Waals surface area contributed by atoms with E-state index in [1.165, 1.54) is 0 Å². The Morgan fingerprint density at radius 3 is 2.63 bits per heavy atom. The standard InChI is InChI=1S/C11H7BrFIN2O2S/c12-10-4-8(14)1-2-11(10)16-19(17,18)9-3-7(13)5-15-6-9/h1-6,16H. The van der Waals surface area contributed by atoms with Crippen LogP contribution in [0.4, 0.5) is 10.1 Å². The molecule has 2 aromatic rings. The van der Waals surface area contributed by atoms with Gasteiger partial charge < -0.3 is 0 Å². The van der Waals surface area contributed by atoms with Crippen LogP contribution in [0.15, 0.2) is 46.0 Å². The number of hydrogen-bond donors (Lipinski definition) is 1. The zero-order chi connectivity index (χ0) is 14.0. The van der Waals surface area contributed by atoms with Gasteiger partial charge in [0.05, 0.1) is 11.9 Å². The summed E-state index contributed by atoms with van der Waals surface area (Å²) in [7, 11) is -3.86. The largest absolute Gasteiger partial charge is 0.278 e. The maximum absolute atomic E-state index is 13.0. The van der Waals surface area contributed by atoms with Crippen molar-refractivity contribution in [1.82, 2.24) is 4.98 Å². The first-order valence-electron chi connectivity index (χ1n) is 4.97. The average Bonchev–Trinajstić information content (AvgIpc) is 2.33. The van der Waals surface area contributed by atoms with Gasteiger partial charge >= 0.3 is 0 Å². The first-order chi connectivity index (χ1) is 8.88. The summed E-state index contributed by atoms with van der Waals surface area (Å²) in [6, 6.07) is 6.06. The monoisotopic (exact) mass is 456 g/mol. The molecule has 0 fully saturated rings. The Bertz CT molecular complexity index is 724. The van der Waals surface area contributed by atoms with Gasteiger partial charge in [-0.25, -0.2) is 12.8 Å². The number of halogens is 3. The fourth-order valence-corrected chi connectivity index (χ4v) is 3.90. The van der Waals surface area contributed by atoms with Crippen molar-refractivity contribution in [2.75, 3.05) is 4.72 Å². The van der Waals surface area contributed by atoms with Crippen molar-refractivity contribution in [3.05, 3.63) is 50.5 Å². The molecule has 0 aliphatic carbocycles. The summed E-state index contributed by atoms with van der Waals surface area (Å²) in [6.45, 7) is 0. The van der Waals surface area contributed by atoms with E-state index >= 15 is 0 Å². The minimum Gasteiger partial charge on any atom is -0.278 e. The molecule has 0 atom stereocenters. The number of sulfonamides is 1. The van der Waals surface area contributed by atoms with E-state index in [-0.39, 0.29) is 4.90 Å².